The summed E-state index contributed by atoms with van der Waals surface area (Å²) in [4.78, 5) is 11.9. The van der Waals surface area contributed by atoms with E-state index in [0.29, 0.717) is 16.9 Å². The fourth-order valence-corrected chi connectivity index (χ4v) is 1.68. The molecule has 0 radical (unpaired) electrons. The number of rotatable bonds is 3. The Labute approximate surface area is 110 Å². The molecule has 0 bridgehead atoms. The Bertz CT molecular complexity index is 613. The van der Waals surface area contributed by atoms with Gasteiger partial charge in [0.15, 0.2) is 0 Å². The number of carbonyl (C=O) groups excluding carboxylic acids is 1. The van der Waals surface area contributed by atoms with E-state index in [0.717, 1.165) is 0 Å². The van der Waals surface area contributed by atoms with E-state index in [-0.39, 0.29) is 12.1 Å². The molecule has 19 heavy (non-hydrogen) atoms. The first-order chi connectivity index (χ1) is 9.10. The number of nitrogens with two attached hydrogens (primary N) is 2. The third-order valence-electron chi connectivity index (χ3n) is 2.66. The molecule has 2 aromatic rings. The Morgan fingerprint density at radius 3 is 2.63 bits per heavy atom. The van der Waals surface area contributed by atoms with Crippen molar-refractivity contribution in [1.82, 2.24) is 0 Å². The molecular formula is C14H14FN3O. The van der Waals surface area contributed by atoms with Gasteiger partial charge in [-0.15, -0.1) is 0 Å². The van der Waals surface area contributed by atoms with E-state index < -0.39 is 11.7 Å². The number of nitrogen functional groups attached to an aromatic ring is 1. The van der Waals surface area contributed by atoms with Gasteiger partial charge in [-0.2, -0.15) is 0 Å². The zero-order valence-corrected chi connectivity index (χ0v) is 10.2. The summed E-state index contributed by atoms with van der Waals surface area (Å²) >= 11 is 0. The van der Waals surface area contributed by atoms with E-state index in [4.69, 9.17) is 11.5 Å². The molecule has 0 saturated heterocycles. The van der Waals surface area contributed by atoms with Crippen LogP contribution >= 0.6 is 0 Å². The molecule has 5 heteroatoms. The van der Waals surface area contributed by atoms with Crippen LogP contribution in [0, 0.1) is 5.82 Å². The van der Waals surface area contributed by atoms with Crippen LogP contribution in [-0.4, -0.2) is 5.91 Å². The first-order valence-corrected chi connectivity index (χ1v) is 5.75. The zero-order chi connectivity index (χ0) is 13.8. The third kappa shape index (κ3) is 3.08. The quantitative estimate of drug-likeness (QED) is 0.738. The molecule has 0 aliphatic rings. The summed E-state index contributed by atoms with van der Waals surface area (Å²) in [5.74, 6) is -1.11. The lowest BCUT2D eigenvalue weighted by atomic mass is 10.1. The van der Waals surface area contributed by atoms with E-state index in [1.165, 1.54) is 12.1 Å². The number of hydrogen-bond acceptors (Lipinski definition) is 3. The van der Waals surface area contributed by atoms with Crippen LogP contribution in [-0.2, 0) is 6.54 Å². The van der Waals surface area contributed by atoms with E-state index in [1.54, 1.807) is 30.3 Å². The topological polar surface area (TPSA) is 81.1 Å². The second-order valence-corrected chi connectivity index (χ2v) is 4.10. The predicted molar refractivity (Wildman–Crippen MR) is 73.1 cm³/mol. The average molecular weight is 259 g/mol. The van der Waals surface area contributed by atoms with E-state index in [9.17, 15) is 9.18 Å². The van der Waals surface area contributed by atoms with Crippen LogP contribution in [0.15, 0.2) is 42.5 Å². The van der Waals surface area contributed by atoms with Crippen molar-refractivity contribution in [2.45, 2.75) is 6.54 Å². The molecule has 0 aromatic heterocycles. The van der Waals surface area contributed by atoms with Crippen molar-refractivity contribution in [2.24, 2.45) is 5.73 Å². The number of nitrogens with one attached hydrogen (secondary N) is 1. The Hall–Kier alpha value is -2.40. The first-order valence-electron chi connectivity index (χ1n) is 5.75. The van der Waals surface area contributed by atoms with Crippen LogP contribution in [0.5, 0.6) is 0 Å². The van der Waals surface area contributed by atoms with Gasteiger partial charge in [0, 0.05) is 17.9 Å². The molecule has 0 fully saturated rings. The standard InChI is InChI=1S/C14H14FN3O/c15-13-6-9(8-16)4-5-12(13)14(19)18-11-3-1-2-10(17)7-11/h1-7H,8,16-17H2,(H,18,19). The fourth-order valence-electron chi connectivity index (χ4n) is 1.68. The summed E-state index contributed by atoms with van der Waals surface area (Å²) < 4.78 is 13.7. The molecule has 0 spiro atoms. The SMILES string of the molecule is NCc1ccc(C(=O)Nc2cccc(N)c2)c(F)c1. The molecule has 1 amide bonds. The molecule has 5 N–H and O–H groups in total. The maximum absolute atomic E-state index is 13.7. The van der Waals surface area contributed by atoms with Crippen LogP contribution in [0.2, 0.25) is 0 Å². The number of benzene rings is 2. The average Bonchev–Trinajstić information content (AvgIpc) is 2.38. The molecule has 4 nitrogen and oxygen atoms in total. The highest BCUT2D eigenvalue weighted by Gasteiger charge is 2.12. The number of carbonyl (C=O) groups is 1. The van der Waals surface area contributed by atoms with Gasteiger partial charge in [0.2, 0.25) is 0 Å². The number of amides is 1. The molecule has 2 aromatic carbocycles. The minimum absolute atomic E-state index is 0.0281. The Balaban J connectivity index is 2.20. The van der Waals surface area contributed by atoms with Crippen LogP contribution in [0.3, 0.4) is 0 Å². The lowest BCUT2D eigenvalue weighted by molar-refractivity contribution is 0.102. The largest absolute Gasteiger partial charge is 0.399 e. The molecule has 0 unspecified atom stereocenters. The number of anilines is 2. The summed E-state index contributed by atoms with van der Waals surface area (Å²) in [6.45, 7) is 0.230. The fraction of sp³-hybridized carbons (Fsp3) is 0.0714. The Kier molecular flexibility index (Phi) is 3.77. The van der Waals surface area contributed by atoms with Gasteiger partial charge in [-0.1, -0.05) is 12.1 Å². The van der Waals surface area contributed by atoms with Gasteiger partial charge in [-0.25, -0.2) is 4.39 Å². The van der Waals surface area contributed by atoms with E-state index >= 15 is 0 Å². The zero-order valence-electron chi connectivity index (χ0n) is 10.2. The highest BCUT2D eigenvalue weighted by Crippen LogP contribution is 2.15. The predicted octanol–water partition coefficient (Wildman–Crippen LogP) is 2.12. The van der Waals surface area contributed by atoms with E-state index in [1.807, 2.05) is 0 Å². The second-order valence-electron chi connectivity index (χ2n) is 4.10. The summed E-state index contributed by atoms with van der Waals surface area (Å²) in [6, 6.07) is 11.0. The number of halogens is 1. The van der Waals surface area contributed by atoms with E-state index in [2.05, 4.69) is 5.32 Å². The van der Waals surface area contributed by atoms with Gasteiger partial charge in [-0.05, 0) is 35.9 Å². The van der Waals surface area contributed by atoms with Crippen LogP contribution in [0.4, 0.5) is 15.8 Å². The lowest BCUT2D eigenvalue weighted by Crippen LogP contribution is -2.14. The monoisotopic (exact) mass is 259 g/mol. The van der Waals surface area contributed by atoms with Crippen molar-refractivity contribution >= 4 is 17.3 Å². The number of hydrogen-bond donors (Lipinski definition) is 3. The normalized spacial score (nSPS) is 10.2. The molecule has 98 valence electrons. The minimum atomic E-state index is -0.593. The van der Waals surface area contributed by atoms with Gasteiger partial charge in [0.1, 0.15) is 5.82 Å². The van der Waals surface area contributed by atoms with Crippen molar-refractivity contribution in [3.63, 3.8) is 0 Å². The summed E-state index contributed by atoms with van der Waals surface area (Å²) in [6.07, 6.45) is 0. The smallest absolute Gasteiger partial charge is 0.258 e. The van der Waals surface area contributed by atoms with Gasteiger partial charge < -0.3 is 16.8 Å². The summed E-state index contributed by atoms with van der Waals surface area (Å²) in [5, 5.41) is 2.59. The van der Waals surface area contributed by atoms with Crippen LogP contribution < -0.4 is 16.8 Å². The lowest BCUT2D eigenvalue weighted by Gasteiger charge is -2.07. The Morgan fingerprint density at radius 2 is 2.00 bits per heavy atom. The van der Waals surface area contributed by atoms with Crippen molar-refractivity contribution in [3.8, 4) is 0 Å². The van der Waals surface area contributed by atoms with Gasteiger partial charge in [0.05, 0.1) is 5.56 Å². The highest BCUT2D eigenvalue weighted by molar-refractivity contribution is 6.04. The molecule has 0 saturated carbocycles. The third-order valence-corrected chi connectivity index (χ3v) is 2.66. The van der Waals surface area contributed by atoms with Gasteiger partial charge in [-0.3, -0.25) is 4.79 Å². The molecular weight excluding hydrogens is 245 g/mol. The van der Waals surface area contributed by atoms with Crippen molar-refractivity contribution < 1.29 is 9.18 Å². The summed E-state index contributed by atoms with van der Waals surface area (Å²) in [5.41, 5.74) is 12.7. The van der Waals surface area contributed by atoms with Gasteiger partial charge in [0.25, 0.3) is 5.91 Å². The molecule has 0 aliphatic carbocycles. The highest BCUT2D eigenvalue weighted by atomic mass is 19.1. The van der Waals surface area contributed by atoms with Crippen molar-refractivity contribution in [2.75, 3.05) is 11.1 Å². The molecule has 2 rings (SSSR count). The maximum atomic E-state index is 13.7. The summed E-state index contributed by atoms with van der Waals surface area (Å²) in [7, 11) is 0. The maximum Gasteiger partial charge on any atom is 0.258 e. The van der Waals surface area contributed by atoms with Crippen LogP contribution in [0.25, 0.3) is 0 Å². The second kappa shape index (κ2) is 5.49. The molecule has 0 aliphatic heterocycles. The van der Waals surface area contributed by atoms with Crippen molar-refractivity contribution in [1.29, 1.82) is 0 Å². The van der Waals surface area contributed by atoms with Crippen LogP contribution in [0.1, 0.15) is 15.9 Å². The molecule has 0 atom stereocenters. The minimum Gasteiger partial charge on any atom is -0.399 e. The van der Waals surface area contributed by atoms with Gasteiger partial charge >= 0.3 is 0 Å². The Morgan fingerprint density at radius 1 is 1.21 bits per heavy atom. The first kappa shape index (κ1) is 13.0. The molecule has 0 heterocycles. The van der Waals surface area contributed by atoms with Crippen molar-refractivity contribution in [3.05, 3.63) is 59.4 Å².